The van der Waals surface area contributed by atoms with Crippen LogP contribution in [0, 0.1) is 0 Å². The summed E-state index contributed by atoms with van der Waals surface area (Å²) in [5.41, 5.74) is 2.58. The van der Waals surface area contributed by atoms with E-state index in [2.05, 4.69) is 19.7 Å². The summed E-state index contributed by atoms with van der Waals surface area (Å²) in [4.78, 5) is 63.1. The van der Waals surface area contributed by atoms with Crippen molar-refractivity contribution in [1.29, 1.82) is 0 Å². The average molecular weight is 729 g/mol. The maximum atomic E-state index is 13.8. The van der Waals surface area contributed by atoms with Crippen molar-refractivity contribution in [3.8, 4) is 0 Å². The van der Waals surface area contributed by atoms with E-state index in [0.717, 1.165) is 27.3 Å². The van der Waals surface area contributed by atoms with Crippen LogP contribution in [0.3, 0.4) is 0 Å². The Balaban J connectivity index is 1.15. The summed E-state index contributed by atoms with van der Waals surface area (Å²) in [6, 6.07) is 7.35. The minimum absolute atomic E-state index is 0.00805. The molecule has 2 aliphatic rings. The summed E-state index contributed by atoms with van der Waals surface area (Å²) >= 11 is 0. The first-order chi connectivity index (χ1) is 25.4. The van der Waals surface area contributed by atoms with E-state index >= 15 is 0 Å². The number of hydrogen-bond acceptors (Lipinski definition) is 11. The molecule has 0 spiro atoms. The highest BCUT2D eigenvalue weighted by Gasteiger charge is 2.28. The van der Waals surface area contributed by atoms with Crippen molar-refractivity contribution >= 4 is 63.4 Å². The zero-order valence-electron chi connectivity index (χ0n) is 30.1. The first-order valence-electron chi connectivity index (χ1n) is 17.5. The largest absolute Gasteiger partial charge is 0.486 e. The van der Waals surface area contributed by atoms with Gasteiger partial charge in [-0.3, -0.25) is 24.0 Å². The number of benzene rings is 2. The first-order valence-corrected chi connectivity index (χ1v) is 17.5. The van der Waals surface area contributed by atoms with Crippen molar-refractivity contribution in [3.63, 3.8) is 0 Å². The summed E-state index contributed by atoms with van der Waals surface area (Å²) in [5.74, 6) is -1.16. The van der Waals surface area contributed by atoms with Crippen molar-refractivity contribution < 1.29 is 48.0 Å². The molecule has 13 nitrogen and oxygen atoms in total. The van der Waals surface area contributed by atoms with Gasteiger partial charge in [0.1, 0.15) is 26.4 Å². The number of nitrogens with zero attached hydrogens (tertiary/aromatic N) is 2. The smallest absolute Gasteiger partial charge is 0.305 e. The maximum absolute atomic E-state index is 13.8. The van der Waals surface area contributed by atoms with Gasteiger partial charge in [0.2, 0.25) is 0 Å². The quantitative estimate of drug-likeness (QED) is 0.159. The summed E-state index contributed by atoms with van der Waals surface area (Å²) in [7, 11) is 0. The van der Waals surface area contributed by atoms with Crippen molar-refractivity contribution in [2.75, 3.05) is 33.0 Å². The molecule has 1 unspecified atom stereocenters. The lowest BCUT2D eigenvalue weighted by Gasteiger charge is -2.35. The van der Waals surface area contributed by atoms with Crippen LogP contribution in [-0.2, 0) is 49.4 Å². The van der Waals surface area contributed by atoms with Crippen molar-refractivity contribution in [2.24, 2.45) is 0 Å². The van der Waals surface area contributed by atoms with E-state index in [4.69, 9.17) is 28.8 Å². The van der Waals surface area contributed by atoms with Gasteiger partial charge in [0.15, 0.2) is 17.6 Å². The SMILES string of the molecule is C=C1c2ccc3c(=C)n(CCOC(=O)CCCC(=O)OCC4COC(=C/C)/C(=C\C)O4)c(=O)c4ccc(c2c34)C(=C)N1CCOC(=O)CCCC(=O)O. The minimum Gasteiger partial charge on any atom is -0.486 e. The third-order valence-electron chi connectivity index (χ3n) is 9.15. The van der Waals surface area contributed by atoms with Gasteiger partial charge in [-0.15, -0.1) is 0 Å². The highest BCUT2D eigenvalue weighted by Crippen LogP contribution is 2.42. The Morgan fingerprint density at radius 3 is 1.96 bits per heavy atom. The molecule has 1 fully saturated rings. The van der Waals surface area contributed by atoms with Gasteiger partial charge in [-0.1, -0.05) is 37.9 Å². The Kier molecular flexibility index (Phi) is 12.4. The standard InChI is InChI=1S/C40H44N2O11/c1-6-32-33(7-2)53-27(22-51-32)23-52-37(47)13-9-12-36(46)50-21-19-42-26(5)30-15-14-28-24(3)41(18-20-49-35(45)11-8-10-34(43)44)25(4)29-16-17-31(40(42)48)39(30)38(28)29/h6-7,14-17,27H,3-5,8-13,18-23H2,1-2H3,(H,43,44)/b32-6+,33-7+. The van der Waals surface area contributed by atoms with E-state index in [9.17, 15) is 24.0 Å². The lowest BCUT2D eigenvalue weighted by atomic mass is 9.88. The molecule has 0 saturated carbocycles. The molecule has 280 valence electrons. The molecule has 2 aliphatic heterocycles. The zero-order valence-corrected chi connectivity index (χ0v) is 30.1. The number of aromatic nitrogens is 1. The van der Waals surface area contributed by atoms with Gasteiger partial charge in [0.05, 0.1) is 13.1 Å². The Morgan fingerprint density at radius 1 is 0.792 bits per heavy atom. The molecule has 0 radical (unpaired) electrons. The number of aliphatic carboxylic acids is 1. The average Bonchev–Trinajstić information content (AvgIpc) is 3.14. The minimum atomic E-state index is -0.966. The van der Waals surface area contributed by atoms with Crippen molar-refractivity contribution in [2.45, 2.75) is 65.0 Å². The van der Waals surface area contributed by atoms with Crippen LogP contribution in [0.15, 0.2) is 65.9 Å². The van der Waals surface area contributed by atoms with E-state index in [0.29, 0.717) is 33.6 Å². The molecule has 53 heavy (non-hydrogen) atoms. The van der Waals surface area contributed by atoms with E-state index in [-0.39, 0.29) is 83.6 Å². The van der Waals surface area contributed by atoms with Gasteiger partial charge in [0.25, 0.3) is 5.56 Å². The molecule has 13 heteroatoms. The molecule has 1 N–H and O–H groups in total. The summed E-state index contributed by atoms with van der Waals surface area (Å²) in [5, 5.41) is 12.0. The monoisotopic (exact) mass is 728 g/mol. The van der Waals surface area contributed by atoms with Crippen LogP contribution in [0.1, 0.15) is 63.5 Å². The third kappa shape index (κ3) is 8.62. The summed E-state index contributed by atoms with van der Waals surface area (Å²) in [6.07, 6.45) is 3.56. The topological polar surface area (TPSA) is 160 Å². The molecule has 1 aromatic heterocycles. The zero-order chi connectivity index (χ0) is 38.2. The highest BCUT2D eigenvalue weighted by atomic mass is 16.6. The highest BCUT2D eigenvalue weighted by molar-refractivity contribution is 6.18. The predicted molar refractivity (Wildman–Crippen MR) is 198 cm³/mol. The number of carbonyl (C=O) groups excluding carboxylic acids is 3. The van der Waals surface area contributed by atoms with Gasteiger partial charge < -0.3 is 38.3 Å². The molecular formula is C40H44N2O11. The number of carboxylic acids is 1. The summed E-state index contributed by atoms with van der Waals surface area (Å²) < 4.78 is 28.9. The maximum Gasteiger partial charge on any atom is 0.305 e. The Labute approximate surface area is 306 Å². The van der Waals surface area contributed by atoms with Crippen LogP contribution >= 0.6 is 0 Å². The normalized spacial score (nSPS) is 16.9. The Hall–Kier alpha value is -5.85. The second kappa shape index (κ2) is 17.1. The molecule has 0 bridgehead atoms. The molecule has 0 aliphatic carbocycles. The van der Waals surface area contributed by atoms with Crippen LogP contribution in [-0.4, -0.2) is 77.5 Å². The number of rotatable bonds is 16. The second-order valence-corrected chi connectivity index (χ2v) is 12.6. The van der Waals surface area contributed by atoms with Crippen LogP contribution in [0.2, 0.25) is 0 Å². The van der Waals surface area contributed by atoms with Gasteiger partial charge >= 0.3 is 23.9 Å². The Morgan fingerprint density at radius 2 is 1.36 bits per heavy atom. The molecule has 1 atom stereocenters. The van der Waals surface area contributed by atoms with E-state index < -0.39 is 30.0 Å². The first kappa shape index (κ1) is 38.4. The fourth-order valence-electron chi connectivity index (χ4n) is 6.48. The van der Waals surface area contributed by atoms with Gasteiger partial charge in [-0.05, 0) is 44.9 Å². The number of hydrogen-bond donors (Lipinski definition) is 1. The molecular weight excluding hydrogens is 684 g/mol. The van der Waals surface area contributed by atoms with Crippen LogP contribution in [0.25, 0.3) is 39.5 Å². The van der Waals surface area contributed by atoms with Crippen molar-refractivity contribution in [1.82, 2.24) is 9.47 Å². The van der Waals surface area contributed by atoms with Crippen molar-refractivity contribution in [3.05, 3.63) is 87.9 Å². The van der Waals surface area contributed by atoms with Gasteiger partial charge in [-0.2, -0.15) is 0 Å². The molecule has 2 aromatic carbocycles. The van der Waals surface area contributed by atoms with Crippen LogP contribution < -0.4 is 10.9 Å². The molecule has 3 aromatic rings. The van der Waals surface area contributed by atoms with Crippen LogP contribution in [0.4, 0.5) is 0 Å². The molecule has 1 saturated heterocycles. The number of carboxylic acid groups (broad SMARTS) is 1. The lowest BCUT2D eigenvalue weighted by molar-refractivity contribution is -0.150. The molecule has 0 amide bonds. The number of carbonyl (C=O) groups is 4. The predicted octanol–water partition coefficient (Wildman–Crippen LogP) is 4.82. The van der Waals surface area contributed by atoms with E-state index in [1.807, 2.05) is 36.9 Å². The van der Waals surface area contributed by atoms with E-state index in [1.54, 1.807) is 18.2 Å². The lowest BCUT2D eigenvalue weighted by Crippen LogP contribution is -2.35. The van der Waals surface area contributed by atoms with E-state index in [1.165, 1.54) is 4.57 Å². The number of esters is 3. The molecule has 3 heterocycles. The van der Waals surface area contributed by atoms with Crippen LogP contribution in [0.5, 0.6) is 0 Å². The molecule has 5 rings (SSSR count). The second-order valence-electron chi connectivity index (χ2n) is 12.6. The Bertz CT molecular complexity index is 2040. The number of pyridine rings is 1. The third-order valence-corrected chi connectivity index (χ3v) is 9.15. The fourth-order valence-corrected chi connectivity index (χ4v) is 6.48. The fraction of sp³-hybridized carbons (Fsp3) is 0.375. The number of allylic oxidation sites excluding steroid dienone is 2. The summed E-state index contributed by atoms with van der Waals surface area (Å²) in [6.45, 7) is 17.1. The van der Waals surface area contributed by atoms with Gasteiger partial charge in [0, 0.05) is 75.1 Å². The van der Waals surface area contributed by atoms with Gasteiger partial charge in [-0.25, -0.2) is 0 Å². The number of ether oxygens (including phenoxy) is 5.